The molecule has 0 bridgehead atoms. The van der Waals surface area contributed by atoms with Gasteiger partial charge in [-0.2, -0.15) is 0 Å². The maximum atomic E-state index is 11.9. The fourth-order valence-electron chi connectivity index (χ4n) is 2.57. The Hall–Kier alpha value is -1.36. The van der Waals surface area contributed by atoms with Gasteiger partial charge in [-0.25, -0.2) is 4.98 Å². The highest BCUT2D eigenvalue weighted by molar-refractivity contribution is 5.76. The van der Waals surface area contributed by atoms with Gasteiger partial charge < -0.3 is 15.5 Å². The molecule has 19 heavy (non-hydrogen) atoms. The lowest BCUT2D eigenvalue weighted by Crippen LogP contribution is -2.38. The number of aromatic nitrogens is 2. The number of carbonyl (C=O) groups is 1. The molecule has 2 rings (SSSR count). The average molecular weight is 265 g/mol. The summed E-state index contributed by atoms with van der Waals surface area (Å²) in [4.78, 5) is 18.8. The molecule has 0 spiro atoms. The van der Waals surface area contributed by atoms with Gasteiger partial charge in [0.2, 0.25) is 0 Å². The molecule has 5 heteroatoms. The molecule has 0 aliphatic heterocycles. The van der Waals surface area contributed by atoms with E-state index < -0.39 is 6.04 Å². The smallest absolute Gasteiger partial charge is 0.323 e. The summed E-state index contributed by atoms with van der Waals surface area (Å²) < 4.78 is 5.52. The van der Waals surface area contributed by atoms with E-state index in [1.807, 2.05) is 0 Å². The lowest BCUT2D eigenvalue weighted by Gasteiger charge is -2.32. The number of nitrogens with one attached hydrogen (secondary N) is 1. The van der Waals surface area contributed by atoms with Crippen molar-refractivity contribution in [3.05, 3.63) is 18.2 Å². The second kappa shape index (κ2) is 6.19. The van der Waals surface area contributed by atoms with Gasteiger partial charge in [-0.05, 0) is 31.1 Å². The van der Waals surface area contributed by atoms with E-state index in [-0.39, 0.29) is 12.1 Å². The van der Waals surface area contributed by atoms with Crippen LogP contribution in [-0.4, -0.2) is 28.1 Å². The molecule has 1 aromatic heterocycles. The molecule has 0 aromatic carbocycles. The number of carbonyl (C=O) groups excluding carboxylic acids is 1. The first kappa shape index (κ1) is 14.1. The number of esters is 1. The molecule has 4 atom stereocenters. The van der Waals surface area contributed by atoms with Crippen LogP contribution in [0.5, 0.6) is 0 Å². The zero-order valence-electron chi connectivity index (χ0n) is 11.6. The van der Waals surface area contributed by atoms with Crippen LogP contribution in [-0.2, 0) is 16.0 Å². The minimum atomic E-state index is -0.616. The van der Waals surface area contributed by atoms with Crippen molar-refractivity contribution in [1.82, 2.24) is 9.97 Å². The molecule has 1 fully saturated rings. The number of rotatable bonds is 4. The SMILES string of the molecule is CC1CCC(OC(=O)[C@@H](N)Cc2cnc[nH]2)CC1C. The van der Waals surface area contributed by atoms with E-state index in [2.05, 4.69) is 23.8 Å². The molecule has 0 saturated heterocycles. The number of hydrogen-bond donors (Lipinski definition) is 2. The predicted molar refractivity (Wildman–Crippen MR) is 72.3 cm³/mol. The Bertz CT molecular complexity index is 405. The van der Waals surface area contributed by atoms with E-state index in [0.717, 1.165) is 25.0 Å². The average Bonchev–Trinajstić information content (AvgIpc) is 2.86. The molecule has 5 nitrogen and oxygen atoms in total. The summed E-state index contributed by atoms with van der Waals surface area (Å²) >= 11 is 0. The fraction of sp³-hybridized carbons (Fsp3) is 0.714. The van der Waals surface area contributed by atoms with Crippen LogP contribution in [0.3, 0.4) is 0 Å². The van der Waals surface area contributed by atoms with Gasteiger partial charge in [0.05, 0.1) is 6.33 Å². The van der Waals surface area contributed by atoms with E-state index in [9.17, 15) is 4.79 Å². The molecule has 1 aliphatic carbocycles. The Morgan fingerprint density at radius 1 is 1.53 bits per heavy atom. The first-order valence-corrected chi connectivity index (χ1v) is 6.99. The van der Waals surface area contributed by atoms with Gasteiger partial charge in [0.1, 0.15) is 12.1 Å². The van der Waals surface area contributed by atoms with Crippen LogP contribution in [0, 0.1) is 11.8 Å². The number of nitrogens with two attached hydrogens (primary N) is 1. The summed E-state index contributed by atoms with van der Waals surface area (Å²) in [7, 11) is 0. The molecule has 1 aliphatic rings. The summed E-state index contributed by atoms with van der Waals surface area (Å²) in [5, 5.41) is 0. The normalized spacial score (nSPS) is 28.9. The van der Waals surface area contributed by atoms with Gasteiger partial charge in [-0.1, -0.05) is 13.8 Å². The quantitative estimate of drug-likeness (QED) is 0.811. The van der Waals surface area contributed by atoms with Crippen LogP contribution in [0.1, 0.15) is 38.8 Å². The number of aromatic amines is 1. The summed E-state index contributed by atoms with van der Waals surface area (Å²) in [6, 6.07) is -0.616. The van der Waals surface area contributed by atoms with Crippen molar-refractivity contribution in [2.75, 3.05) is 0 Å². The Balaban J connectivity index is 1.80. The van der Waals surface area contributed by atoms with E-state index in [4.69, 9.17) is 10.5 Å². The first-order chi connectivity index (χ1) is 9.06. The minimum Gasteiger partial charge on any atom is -0.461 e. The lowest BCUT2D eigenvalue weighted by molar-refractivity contribution is -0.153. The Morgan fingerprint density at radius 3 is 2.95 bits per heavy atom. The maximum absolute atomic E-state index is 11.9. The van der Waals surface area contributed by atoms with Crippen LogP contribution in [0.4, 0.5) is 0 Å². The minimum absolute atomic E-state index is 0.0338. The lowest BCUT2D eigenvalue weighted by atomic mass is 9.80. The second-order valence-electron chi connectivity index (χ2n) is 5.71. The van der Waals surface area contributed by atoms with Crippen LogP contribution in [0.2, 0.25) is 0 Å². The maximum Gasteiger partial charge on any atom is 0.323 e. The standard InChI is InChI=1S/C14H23N3O2/c1-9-3-4-12(5-10(9)2)19-14(18)13(15)6-11-7-16-8-17-11/h7-10,12-13H,3-6,15H2,1-2H3,(H,16,17)/t9?,10?,12?,13-/m0/s1. The third-order valence-electron chi connectivity index (χ3n) is 4.13. The molecular weight excluding hydrogens is 242 g/mol. The zero-order chi connectivity index (χ0) is 13.8. The number of ether oxygens (including phenoxy) is 1. The Kier molecular flexibility index (Phi) is 4.58. The molecule has 1 heterocycles. The van der Waals surface area contributed by atoms with Gasteiger partial charge in [0.15, 0.2) is 0 Å². The molecule has 3 N–H and O–H groups in total. The molecule has 106 valence electrons. The number of hydrogen-bond acceptors (Lipinski definition) is 4. The highest BCUT2D eigenvalue weighted by atomic mass is 16.5. The van der Waals surface area contributed by atoms with Gasteiger partial charge in [-0.15, -0.1) is 0 Å². The summed E-state index contributed by atoms with van der Waals surface area (Å²) in [6.45, 7) is 4.47. The van der Waals surface area contributed by atoms with Crippen molar-refractivity contribution in [3.8, 4) is 0 Å². The molecule has 1 saturated carbocycles. The van der Waals surface area contributed by atoms with E-state index in [1.54, 1.807) is 12.5 Å². The van der Waals surface area contributed by atoms with Crippen molar-refractivity contribution >= 4 is 5.97 Å². The zero-order valence-corrected chi connectivity index (χ0v) is 11.6. The van der Waals surface area contributed by atoms with Crippen LogP contribution in [0.15, 0.2) is 12.5 Å². The first-order valence-electron chi connectivity index (χ1n) is 6.99. The van der Waals surface area contributed by atoms with Crippen LogP contribution < -0.4 is 5.73 Å². The van der Waals surface area contributed by atoms with Crippen LogP contribution >= 0.6 is 0 Å². The van der Waals surface area contributed by atoms with E-state index in [0.29, 0.717) is 18.3 Å². The summed E-state index contributed by atoms with van der Waals surface area (Å²) in [6.07, 6.45) is 6.76. The van der Waals surface area contributed by atoms with Crippen molar-refractivity contribution in [3.63, 3.8) is 0 Å². The predicted octanol–water partition coefficient (Wildman–Crippen LogP) is 1.65. The number of H-pyrrole nitrogens is 1. The molecule has 3 unspecified atom stereocenters. The van der Waals surface area contributed by atoms with E-state index in [1.165, 1.54) is 0 Å². The molecule has 0 amide bonds. The van der Waals surface area contributed by atoms with Gasteiger partial charge in [-0.3, -0.25) is 4.79 Å². The van der Waals surface area contributed by atoms with Crippen LogP contribution in [0.25, 0.3) is 0 Å². The molecule has 0 radical (unpaired) electrons. The molecule has 1 aromatic rings. The van der Waals surface area contributed by atoms with Crippen molar-refractivity contribution in [2.24, 2.45) is 17.6 Å². The Labute approximate surface area is 113 Å². The van der Waals surface area contributed by atoms with Crippen molar-refractivity contribution in [2.45, 2.75) is 51.7 Å². The summed E-state index contributed by atoms with van der Waals surface area (Å²) in [5.41, 5.74) is 6.72. The van der Waals surface area contributed by atoms with Crippen molar-refractivity contribution < 1.29 is 9.53 Å². The Morgan fingerprint density at radius 2 is 2.32 bits per heavy atom. The van der Waals surface area contributed by atoms with E-state index >= 15 is 0 Å². The third-order valence-corrected chi connectivity index (χ3v) is 4.13. The molecular formula is C14H23N3O2. The van der Waals surface area contributed by atoms with Gasteiger partial charge in [0.25, 0.3) is 0 Å². The van der Waals surface area contributed by atoms with Gasteiger partial charge in [0, 0.05) is 18.3 Å². The fourth-order valence-corrected chi connectivity index (χ4v) is 2.57. The highest BCUT2D eigenvalue weighted by Gasteiger charge is 2.28. The number of nitrogens with zero attached hydrogens (tertiary/aromatic N) is 1. The largest absolute Gasteiger partial charge is 0.461 e. The topological polar surface area (TPSA) is 81.0 Å². The van der Waals surface area contributed by atoms with Gasteiger partial charge >= 0.3 is 5.97 Å². The highest BCUT2D eigenvalue weighted by Crippen LogP contribution is 2.31. The van der Waals surface area contributed by atoms with Crippen molar-refractivity contribution in [1.29, 1.82) is 0 Å². The number of imidazole rings is 1. The second-order valence-corrected chi connectivity index (χ2v) is 5.71. The third kappa shape index (κ3) is 3.80. The summed E-state index contributed by atoms with van der Waals surface area (Å²) in [5.74, 6) is 1.02. The monoisotopic (exact) mass is 265 g/mol.